The Morgan fingerprint density at radius 3 is 3.06 bits per heavy atom. The highest BCUT2D eigenvalue weighted by atomic mass is 16.4. The van der Waals surface area contributed by atoms with Gasteiger partial charge in [0.2, 0.25) is 0 Å². The molecule has 0 spiro atoms. The number of hydrogen-bond acceptors (Lipinski definition) is 2. The van der Waals surface area contributed by atoms with Crippen LogP contribution in [0.25, 0.3) is 0 Å². The van der Waals surface area contributed by atoms with Crippen LogP contribution >= 0.6 is 0 Å². The second kappa shape index (κ2) is 4.28. The van der Waals surface area contributed by atoms with Gasteiger partial charge in [0.15, 0.2) is 0 Å². The maximum Gasteiger partial charge on any atom is 0.306 e. The van der Waals surface area contributed by atoms with Crippen molar-refractivity contribution in [2.75, 3.05) is 0 Å². The molecule has 2 unspecified atom stereocenters. The van der Waals surface area contributed by atoms with Crippen molar-refractivity contribution in [3.63, 3.8) is 0 Å². The zero-order valence-corrected chi connectivity index (χ0v) is 9.79. The predicted octanol–water partition coefficient (Wildman–Crippen LogP) is 2.11. The maximum atomic E-state index is 10.9. The fraction of sp³-hybridized carbons (Fsp3) is 0.667. The highest BCUT2D eigenvalue weighted by molar-refractivity contribution is 5.70. The fourth-order valence-corrected chi connectivity index (χ4v) is 2.14. The number of aromatic amines is 1. The first kappa shape index (κ1) is 11.2. The van der Waals surface area contributed by atoms with Gasteiger partial charge in [-0.1, -0.05) is 13.8 Å². The van der Waals surface area contributed by atoms with Gasteiger partial charge in [-0.2, -0.15) is 0 Å². The van der Waals surface area contributed by atoms with Crippen LogP contribution in [-0.4, -0.2) is 21.0 Å². The standard InChI is InChI=1S/C12H18N2O2/c1-3-7(2)11-13-9-5-4-8(12(15)16)6-10(9)14-11/h7-8H,3-6H2,1-2H3,(H,13,14)(H,15,16). The maximum absolute atomic E-state index is 10.9. The lowest BCUT2D eigenvalue weighted by Gasteiger charge is -2.16. The molecule has 2 atom stereocenters. The quantitative estimate of drug-likeness (QED) is 0.823. The average Bonchev–Trinajstić information content (AvgIpc) is 2.70. The summed E-state index contributed by atoms with van der Waals surface area (Å²) in [5.41, 5.74) is 2.11. The minimum absolute atomic E-state index is 0.238. The van der Waals surface area contributed by atoms with Gasteiger partial charge in [-0.05, 0) is 19.3 Å². The van der Waals surface area contributed by atoms with E-state index in [1.165, 1.54) is 0 Å². The largest absolute Gasteiger partial charge is 0.481 e. The highest BCUT2D eigenvalue weighted by Gasteiger charge is 2.27. The van der Waals surface area contributed by atoms with Crippen LogP contribution in [0.3, 0.4) is 0 Å². The molecular formula is C12H18N2O2. The minimum Gasteiger partial charge on any atom is -0.481 e. The lowest BCUT2D eigenvalue weighted by molar-refractivity contribution is -0.142. The summed E-state index contributed by atoms with van der Waals surface area (Å²) in [5, 5.41) is 8.99. The van der Waals surface area contributed by atoms with Crippen molar-refractivity contribution in [3.8, 4) is 0 Å². The number of hydrogen-bond donors (Lipinski definition) is 2. The van der Waals surface area contributed by atoms with Crippen LogP contribution in [-0.2, 0) is 17.6 Å². The molecular weight excluding hydrogens is 204 g/mol. The van der Waals surface area contributed by atoms with Crippen LogP contribution in [0.5, 0.6) is 0 Å². The zero-order valence-electron chi connectivity index (χ0n) is 9.79. The van der Waals surface area contributed by atoms with E-state index in [4.69, 9.17) is 5.11 Å². The summed E-state index contributed by atoms with van der Waals surface area (Å²) in [5.74, 6) is 0.510. The fourth-order valence-electron chi connectivity index (χ4n) is 2.14. The molecule has 0 aromatic carbocycles. The number of aliphatic carboxylic acids is 1. The number of H-pyrrole nitrogens is 1. The summed E-state index contributed by atoms with van der Waals surface area (Å²) < 4.78 is 0. The number of imidazole rings is 1. The second-order valence-corrected chi connectivity index (χ2v) is 4.63. The van der Waals surface area contributed by atoms with Gasteiger partial charge in [0, 0.05) is 18.0 Å². The molecule has 0 saturated heterocycles. The molecule has 0 amide bonds. The molecule has 1 aromatic rings. The van der Waals surface area contributed by atoms with Crippen LogP contribution in [0.2, 0.25) is 0 Å². The summed E-state index contributed by atoms with van der Waals surface area (Å²) >= 11 is 0. The van der Waals surface area contributed by atoms with Gasteiger partial charge in [0.25, 0.3) is 0 Å². The number of carboxylic acids is 1. The topological polar surface area (TPSA) is 66.0 Å². The molecule has 2 rings (SSSR count). The molecule has 0 radical (unpaired) electrons. The number of aryl methyl sites for hydroxylation is 1. The van der Waals surface area contributed by atoms with Gasteiger partial charge >= 0.3 is 5.97 Å². The van der Waals surface area contributed by atoms with Crippen LogP contribution in [0.1, 0.15) is 49.8 Å². The molecule has 0 aliphatic heterocycles. The van der Waals surface area contributed by atoms with Crippen LogP contribution in [0.4, 0.5) is 0 Å². The Hall–Kier alpha value is -1.32. The van der Waals surface area contributed by atoms with Crippen molar-refractivity contribution in [3.05, 3.63) is 17.2 Å². The molecule has 1 aromatic heterocycles. The Labute approximate surface area is 95.1 Å². The van der Waals surface area contributed by atoms with Gasteiger partial charge in [-0.25, -0.2) is 4.98 Å². The number of carbonyl (C=O) groups is 1. The van der Waals surface area contributed by atoms with E-state index in [0.29, 0.717) is 18.8 Å². The molecule has 1 heterocycles. The number of nitrogens with zero attached hydrogens (tertiary/aromatic N) is 1. The second-order valence-electron chi connectivity index (χ2n) is 4.63. The molecule has 4 nitrogen and oxygen atoms in total. The van der Waals surface area contributed by atoms with Gasteiger partial charge in [-0.3, -0.25) is 4.79 Å². The first-order chi connectivity index (χ1) is 7.61. The van der Waals surface area contributed by atoms with E-state index < -0.39 is 5.97 Å². The smallest absolute Gasteiger partial charge is 0.306 e. The molecule has 0 saturated carbocycles. The normalized spacial score (nSPS) is 21.5. The Morgan fingerprint density at radius 2 is 2.44 bits per heavy atom. The third kappa shape index (κ3) is 1.96. The first-order valence-corrected chi connectivity index (χ1v) is 5.92. The predicted molar refractivity (Wildman–Crippen MR) is 60.4 cm³/mol. The molecule has 4 heteroatoms. The number of fused-ring (bicyclic) bond motifs is 1. The molecule has 88 valence electrons. The third-order valence-corrected chi connectivity index (χ3v) is 3.49. The van der Waals surface area contributed by atoms with Crippen molar-refractivity contribution in [1.82, 2.24) is 9.97 Å². The van der Waals surface area contributed by atoms with E-state index >= 15 is 0 Å². The minimum atomic E-state index is -0.690. The van der Waals surface area contributed by atoms with Gasteiger partial charge in [0.05, 0.1) is 11.6 Å². The van der Waals surface area contributed by atoms with Crippen molar-refractivity contribution < 1.29 is 9.90 Å². The monoisotopic (exact) mass is 222 g/mol. The summed E-state index contributed by atoms with van der Waals surface area (Å²) in [4.78, 5) is 18.8. The SMILES string of the molecule is CCC(C)c1nc2c([nH]1)CC(C(=O)O)CC2. The molecule has 1 aliphatic rings. The Kier molecular flexibility index (Phi) is 2.99. The van der Waals surface area contributed by atoms with Crippen molar-refractivity contribution >= 4 is 5.97 Å². The summed E-state index contributed by atoms with van der Waals surface area (Å²) in [6.07, 6.45) is 3.16. The van der Waals surface area contributed by atoms with Gasteiger partial charge in [0.1, 0.15) is 5.82 Å². The van der Waals surface area contributed by atoms with Crippen molar-refractivity contribution in [2.24, 2.45) is 5.92 Å². The summed E-state index contributed by atoms with van der Waals surface area (Å²) in [7, 11) is 0. The van der Waals surface area contributed by atoms with E-state index in [2.05, 4.69) is 23.8 Å². The Balaban J connectivity index is 2.19. The summed E-state index contributed by atoms with van der Waals surface area (Å²) in [6, 6.07) is 0. The zero-order chi connectivity index (χ0) is 11.7. The van der Waals surface area contributed by atoms with Crippen LogP contribution in [0, 0.1) is 5.92 Å². The first-order valence-electron chi connectivity index (χ1n) is 5.92. The van der Waals surface area contributed by atoms with Crippen LogP contribution in [0.15, 0.2) is 0 Å². The van der Waals surface area contributed by atoms with E-state index in [0.717, 1.165) is 30.1 Å². The van der Waals surface area contributed by atoms with E-state index in [9.17, 15) is 4.79 Å². The molecule has 0 bridgehead atoms. The molecule has 1 aliphatic carbocycles. The number of rotatable bonds is 3. The van der Waals surface area contributed by atoms with Gasteiger partial charge in [-0.15, -0.1) is 0 Å². The van der Waals surface area contributed by atoms with E-state index in [1.54, 1.807) is 0 Å². The highest BCUT2D eigenvalue weighted by Crippen LogP contribution is 2.26. The Morgan fingerprint density at radius 1 is 1.69 bits per heavy atom. The average molecular weight is 222 g/mol. The number of aromatic nitrogens is 2. The summed E-state index contributed by atoms with van der Waals surface area (Å²) in [6.45, 7) is 4.27. The van der Waals surface area contributed by atoms with E-state index in [-0.39, 0.29) is 5.92 Å². The van der Waals surface area contributed by atoms with Crippen LogP contribution < -0.4 is 0 Å². The van der Waals surface area contributed by atoms with Gasteiger partial charge < -0.3 is 10.1 Å². The van der Waals surface area contributed by atoms with Crippen molar-refractivity contribution in [1.29, 1.82) is 0 Å². The Bertz CT molecular complexity index is 398. The van der Waals surface area contributed by atoms with Crippen molar-refractivity contribution in [2.45, 2.75) is 45.4 Å². The lowest BCUT2D eigenvalue weighted by atomic mass is 9.90. The molecule has 0 fully saturated rings. The third-order valence-electron chi connectivity index (χ3n) is 3.49. The molecule has 16 heavy (non-hydrogen) atoms. The number of nitrogens with one attached hydrogen (secondary N) is 1. The number of carboxylic acid groups (broad SMARTS) is 1. The van der Waals surface area contributed by atoms with E-state index in [1.807, 2.05) is 0 Å². The molecule has 2 N–H and O–H groups in total. The lowest BCUT2D eigenvalue weighted by Crippen LogP contribution is -2.22.